The van der Waals surface area contributed by atoms with Crippen LogP contribution in [0.5, 0.6) is 11.5 Å². The smallest absolute Gasteiger partial charge is 0.339 e. The van der Waals surface area contributed by atoms with Gasteiger partial charge in [-0.3, -0.25) is 0 Å². The molecule has 11 heteroatoms. The van der Waals surface area contributed by atoms with Crippen molar-refractivity contribution in [2.24, 2.45) is 5.10 Å². The second kappa shape index (κ2) is 9.38. The standard InChI is InChI=1S/C20H17ClN2O6S2/c1-28-19-13-15(14-22-23-30(24,25)16-8-4-2-5-9-16)12-18(21)20(19)29-31(26,27)17-10-6-3-7-11-17/h2-14,23H,1H3/b22-14-. The number of ether oxygens (including phenoxy) is 1. The molecule has 3 aromatic rings. The van der Waals surface area contributed by atoms with Gasteiger partial charge in [0.05, 0.1) is 23.2 Å². The van der Waals surface area contributed by atoms with Crippen LogP contribution in [0.4, 0.5) is 0 Å². The summed E-state index contributed by atoms with van der Waals surface area (Å²) in [5.74, 6) is -0.172. The first-order valence-electron chi connectivity index (χ1n) is 8.70. The molecule has 1 N–H and O–H groups in total. The molecule has 162 valence electrons. The number of hydrazone groups is 1. The van der Waals surface area contributed by atoms with Gasteiger partial charge < -0.3 is 8.92 Å². The second-order valence-electron chi connectivity index (χ2n) is 6.05. The number of benzene rings is 3. The second-order valence-corrected chi connectivity index (χ2v) is 9.66. The minimum atomic E-state index is -4.14. The Morgan fingerprint density at radius 2 is 1.48 bits per heavy atom. The summed E-state index contributed by atoms with van der Waals surface area (Å²) in [7, 11) is -6.66. The zero-order chi connectivity index (χ0) is 22.5. The third kappa shape index (κ3) is 5.54. The summed E-state index contributed by atoms with van der Waals surface area (Å²) in [6.07, 6.45) is 1.20. The molecule has 0 saturated carbocycles. The van der Waals surface area contributed by atoms with Crippen LogP contribution in [0, 0.1) is 0 Å². The van der Waals surface area contributed by atoms with Crippen molar-refractivity contribution in [3.63, 3.8) is 0 Å². The molecule has 0 saturated heterocycles. The van der Waals surface area contributed by atoms with Crippen LogP contribution in [0.1, 0.15) is 5.56 Å². The van der Waals surface area contributed by atoms with E-state index in [1.807, 2.05) is 0 Å². The fourth-order valence-corrected chi connectivity index (χ4v) is 4.56. The van der Waals surface area contributed by atoms with Crippen LogP contribution in [-0.2, 0) is 20.1 Å². The van der Waals surface area contributed by atoms with E-state index in [4.69, 9.17) is 20.5 Å². The van der Waals surface area contributed by atoms with E-state index < -0.39 is 20.1 Å². The van der Waals surface area contributed by atoms with E-state index in [9.17, 15) is 16.8 Å². The molecule has 0 aliphatic heterocycles. The van der Waals surface area contributed by atoms with Crippen molar-refractivity contribution in [1.29, 1.82) is 0 Å². The van der Waals surface area contributed by atoms with Crippen molar-refractivity contribution >= 4 is 38.0 Å². The predicted octanol–water partition coefficient (Wildman–Crippen LogP) is 3.43. The Morgan fingerprint density at radius 1 is 0.903 bits per heavy atom. The molecule has 0 atom stereocenters. The first-order chi connectivity index (χ1) is 14.7. The minimum absolute atomic E-state index is 0.0272. The summed E-state index contributed by atoms with van der Waals surface area (Å²) in [5, 5.41) is 3.66. The maximum Gasteiger partial charge on any atom is 0.339 e. The zero-order valence-electron chi connectivity index (χ0n) is 16.1. The summed E-state index contributed by atoms with van der Waals surface area (Å²) in [6.45, 7) is 0. The Balaban J connectivity index is 1.83. The monoisotopic (exact) mass is 480 g/mol. The van der Waals surface area contributed by atoms with Crippen LogP contribution in [0.2, 0.25) is 5.02 Å². The van der Waals surface area contributed by atoms with Gasteiger partial charge in [0.25, 0.3) is 10.0 Å². The highest BCUT2D eigenvalue weighted by atomic mass is 35.5. The Hall–Kier alpha value is -3.08. The molecule has 8 nitrogen and oxygen atoms in total. The molecule has 3 rings (SSSR count). The minimum Gasteiger partial charge on any atom is -0.493 e. The average Bonchev–Trinajstić information content (AvgIpc) is 2.76. The number of hydrogen-bond donors (Lipinski definition) is 1. The molecular formula is C20H17ClN2O6S2. The van der Waals surface area contributed by atoms with Gasteiger partial charge in [0.15, 0.2) is 5.75 Å². The molecule has 0 heterocycles. The van der Waals surface area contributed by atoms with Crippen LogP contribution >= 0.6 is 11.6 Å². The molecular weight excluding hydrogens is 464 g/mol. The van der Waals surface area contributed by atoms with Crippen molar-refractivity contribution in [1.82, 2.24) is 4.83 Å². The molecule has 0 unspecified atom stereocenters. The molecule has 0 aliphatic rings. The summed E-state index contributed by atoms with van der Waals surface area (Å²) in [5.41, 5.74) is 0.349. The lowest BCUT2D eigenvalue weighted by molar-refractivity contribution is 0.390. The van der Waals surface area contributed by atoms with Crippen molar-refractivity contribution in [3.8, 4) is 11.5 Å². The third-order valence-corrected chi connectivity index (χ3v) is 6.67. The molecule has 0 bridgehead atoms. The van der Waals surface area contributed by atoms with E-state index >= 15 is 0 Å². The maximum atomic E-state index is 12.5. The zero-order valence-corrected chi connectivity index (χ0v) is 18.5. The SMILES string of the molecule is COc1cc(/C=N\NS(=O)(=O)c2ccccc2)cc(Cl)c1OS(=O)(=O)c1ccccc1. The van der Waals surface area contributed by atoms with Gasteiger partial charge in [0.1, 0.15) is 4.90 Å². The number of methoxy groups -OCH3 is 1. The summed E-state index contributed by atoms with van der Waals surface area (Å²) >= 11 is 6.20. The van der Waals surface area contributed by atoms with Gasteiger partial charge in [0, 0.05) is 0 Å². The largest absolute Gasteiger partial charge is 0.493 e. The van der Waals surface area contributed by atoms with Crippen molar-refractivity contribution in [2.75, 3.05) is 7.11 Å². The lowest BCUT2D eigenvalue weighted by Gasteiger charge is -2.13. The van der Waals surface area contributed by atoms with Gasteiger partial charge in [-0.1, -0.05) is 48.0 Å². The van der Waals surface area contributed by atoms with Gasteiger partial charge in [-0.15, -0.1) is 0 Å². The molecule has 0 aromatic heterocycles. The number of halogens is 1. The van der Waals surface area contributed by atoms with Crippen molar-refractivity contribution < 1.29 is 25.8 Å². The van der Waals surface area contributed by atoms with Crippen LogP contribution in [0.25, 0.3) is 0 Å². The molecule has 0 amide bonds. The highest BCUT2D eigenvalue weighted by Crippen LogP contribution is 2.38. The quantitative estimate of drug-likeness (QED) is 0.300. The van der Waals surface area contributed by atoms with Gasteiger partial charge in [-0.2, -0.15) is 21.9 Å². The molecule has 0 aliphatic carbocycles. The fraction of sp³-hybridized carbons (Fsp3) is 0.0500. The van der Waals surface area contributed by atoms with Crippen LogP contribution in [0.3, 0.4) is 0 Å². The van der Waals surface area contributed by atoms with Crippen LogP contribution in [-0.4, -0.2) is 30.2 Å². The highest BCUT2D eigenvalue weighted by molar-refractivity contribution is 7.89. The Labute approximate surface area is 185 Å². The van der Waals surface area contributed by atoms with Crippen molar-refractivity contribution in [2.45, 2.75) is 9.79 Å². The highest BCUT2D eigenvalue weighted by Gasteiger charge is 2.22. The first kappa shape index (κ1) is 22.6. The average molecular weight is 481 g/mol. The van der Waals surface area contributed by atoms with E-state index in [0.717, 1.165) is 0 Å². The lowest BCUT2D eigenvalue weighted by Crippen LogP contribution is -2.18. The van der Waals surface area contributed by atoms with Gasteiger partial charge >= 0.3 is 10.1 Å². The number of sulfonamides is 1. The van der Waals surface area contributed by atoms with Gasteiger partial charge in [-0.05, 0) is 42.0 Å². The van der Waals surface area contributed by atoms with E-state index in [2.05, 4.69) is 9.93 Å². The van der Waals surface area contributed by atoms with E-state index in [-0.39, 0.29) is 26.3 Å². The van der Waals surface area contributed by atoms with Crippen LogP contribution < -0.4 is 13.8 Å². The lowest BCUT2D eigenvalue weighted by atomic mass is 10.2. The summed E-state index contributed by atoms with van der Waals surface area (Å²) in [4.78, 5) is 2.09. The van der Waals surface area contributed by atoms with Crippen molar-refractivity contribution in [3.05, 3.63) is 83.4 Å². The Kier molecular flexibility index (Phi) is 6.84. The van der Waals surface area contributed by atoms with Crippen LogP contribution in [0.15, 0.2) is 87.7 Å². The number of hydrogen-bond acceptors (Lipinski definition) is 7. The Morgan fingerprint density at radius 3 is 2.06 bits per heavy atom. The molecule has 3 aromatic carbocycles. The van der Waals surface area contributed by atoms with E-state index in [1.54, 1.807) is 36.4 Å². The fourth-order valence-electron chi connectivity index (χ4n) is 2.46. The number of nitrogens with zero attached hydrogens (tertiary/aromatic N) is 1. The van der Waals surface area contributed by atoms with Gasteiger partial charge in [0.2, 0.25) is 5.75 Å². The molecule has 0 spiro atoms. The summed E-state index contributed by atoms with van der Waals surface area (Å²) < 4.78 is 59.7. The molecule has 31 heavy (non-hydrogen) atoms. The molecule has 0 fully saturated rings. The predicted molar refractivity (Wildman–Crippen MR) is 117 cm³/mol. The Bertz CT molecular complexity index is 1300. The first-order valence-corrected chi connectivity index (χ1v) is 12.0. The molecule has 0 radical (unpaired) electrons. The van der Waals surface area contributed by atoms with E-state index in [0.29, 0.717) is 5.56 Å². The normalized spacial score (nSPS) is 11.9. The topological polar surface area (TPSA) is 111 Å². The summed E-state index contributed by atoms with van der Waals surface area (Å²) in [6, 6.07) is 18.1. The number of rotatable bonds is 8. The maximum absolute atomic E-state index is 12.5. The van der Waals surface area contributed by atoms with Gasteiger partial charge in [-0.25, -0.2) is 4.83 Å². The van der Waals surface area contributed by atoms with E-state index in [1.165, 1.54) is 49.7 Å². The third-order valence-electron chi connectivity index (χ3n) is 3.92. The number of nitrogens with one attached hydrogen (secondary N) is 1.